The molecular formula is C15H21F2NO5S. The second-order valence-electron chi connectivity index (χ2n) is 5.41. The lowest BCUT2D eigenvalue weighted by Crippen LogP contribution is -2.47. The molecule has 0 bridgehead atoms. The van der Waals surface area contributed by atoms with Crippen LogP contribution in [0.15, 0.2) is 24.3 Å². The fraction of sp³-hybridized carbons (Fsp3) is 0.600. The maximum Gasteiger partial charge on any atom is 0.387 e. The van der Waals surface area contributed by atoms with Crippen LogP contribution in [0.1, 0.15) is 13.3 Å². The van der Waals surface area contributed by atoms with Crippen molar-refractivity contribution in [2.75, 3.05) is 25.6 Å². The summed E-state index contributed by atoms with van der Waals surface area (Å²) < 4.78 is 65.6. The molecule has 0 unspecified atom stereocenters. The van der Waals surface area contributed by atoms with E-state index in [-0.39, 0.29) is 30.1 Å². The molecule has 2 atom stereocenters. The number of benzene rings is 1. The molecular weight excluding hydrogens is 344 g/mol. The molecule has 1 heterocycles. The fourth-order valence-electron chi connectivity index (χ4n) is 2.35. The number of nitrogens with one attached hydrogen (secondary N) is 1. The van der Waals surface area contributed by atoms with Crippen LogP contribution in [0.4, 0.5) is 8.78 Å². The van der Waals surface area contributed by atoms with Crippen molar-refractivity contribution in [1.82, 2.24) is 4.72 Å². The number of hydrogen-bond acceptors (Lipinski definition) is 5. The standard InChI is InChI=1S/C15H21F2NO5S/c1-2-24(19,20)18-14-7-8-21-9-11(14)10-22-12-3-5-13(6-4-12)23-15(16)17/h3-6,11,14-15,18H,2,7-10H2,1H3/t11-,14+/m0/s1. The van der Waals surface area contributed by atoms with Crippen molar-refractivity contribution in [3.63, 3.8) is 0 Å². The number of alkyl halides is 2. The van der Waals surface area contributed by atoms with E-state index in [1.165, 1.54) is 24.3 Å². The van der Waals surface area contributed by atoms with Crippen molar-refractivity contribution in [3.05, 3.63) is 24.3 Å². The highest BCUT2D eigenvalue weighted by molar-refractivity contribution is 7.89. The van der Waals surface area contributed by atoms with Gasteiger partial charge in [0.25, 0.3) is 0 Å². The average Bonchev–Trinajstić information content (AvgIpc) is 2.54. The SMILES string of the molecule is CCS(=O)(=O)N[C@@H]1CCOC[C@H]1COc1ccc(OC(F)F)cc1. The van der Waals surface area contributed by atoms with Gasteiger partial charge in [-0.3, -0.25) is 0 Å². The van der Waals surface area contributed by atoms with Crippen LogP contribution in [-0.2, 0) is 14.8 Å². The molecule has 1 aliphatic heterocycles. The van der Waals surface area contributed by atoms with E-state index in [0.29, 0.717) is 25.4 Å². The minimum absolute atomic E-state index is 0.0174. The maximum absolute atomic E-state index is 12.1. The Morgan fingerprint density at radius 1 is 1.29 bits per heavy atom. The van der Waals surface area contributed by atoms with Gasteiger partial charge in [0.05, 0.1) is 19.0 Å². The summed E-state index contributed by atoms with van der Waals surface area (Å²) in [5.74, 6) is 0.423. The molecule has 0 radical (unpaired) electrons. The predicted octanol–water partition coefficient (Wildman–Crippen LogP) is 2.01. The van der Waals surface area contributed by atoms with Crippen molar-refractivity contribution in [3.8, 4) is 11.5 Å². The largest absolute Gasteiger partial charge is 0.493 e. The zero-order chi connectivity index (χ0) is 17.6. The van der Waals surface area contributed by atoms with Gasteiger partial charge in [-0.25, -0.2) is 13.1 Å². The summed E-state index contributed by atoms with van der Waals surface area (Å²) in [6, 6.07) is 5.57. The number of hydrogen-bond donors (Lipinski definition) is 1. The maximum atomic E-state index is 12.1. The smallest absolute Gasteiger partial charge is 0.387 e. The van der Waals surface area contributed by atoms with Crippen LogP contribution in [0.3, 0.4) is 0 Å². The van der Waals surface area contributed by atoms with Crippen molar-refractivity contribution in [2.45, 2.75) is 26.0 Å². The van der Waals surface area contributed by atoms with Gasteiger partial charge >= 0.3 is 6.61 Å². The first-order valence-electron chi connectivity index (χ1n) is 7.65. The van der Waals surface area contributed by atoms with E-state index >= 15 is 0 Å². The Balaban J connectivity index is 1.91. The highest BCUT2D eigenvalue weighted by atomic mass is 32.2. The summed E-state index contributed by atoms with van der Waals surface area (Å²) in [6.07, 6.45) is 0.578. The topological polar surface area (TPSA) is 73.9 Å². The Morgan fingerprint density at radius 2 is 1.96 bits per heavy atom. The van der Waals surface area contributed by atoms with Crippen LogP contribution in [-0.4, -0.2) is 46.6 Å². The van der Waals surface area contributed by atoms with Crippen LogP contribution in [0.25, 0.3) is 0 Å². The van der Waals surface area contributed by atoms with E-state index in [9.17, 15) is 17.2 Å². The first-order chi connectivity index (χ1) is 11.4. The van der Waals surface area contributed by atoms with Crippen LogP contribution in [0.5, 0.6) is 11.5 Å². The molecule has 0 spiro atoms. The van der Waals surface area contributed by atoms with E-state index in [1.807, 2.05) is 0 Å². The van der Waals surface area contributed by atoms with E-state index in [0.717, 1.165) is 0 Å². The van der Waals surface area contributed by atoms with Gasteiger partial charge in [0.2, 0.25) is 10.0 Å². The quantitative estimate of drug-likeness (QED) is 0.763. The third-order valence-corrected chi connectivity index (χ3v) is 5.12. The molecule has 1 aliphatic rings. The number of ether oxygens (including phenoxy) is 3. The summed E-state index contributed by atoms with van der Waals surface area (Å²) in [5.41, 5.74) is 0. The summed E-state index contributed by atoms with van der Waals surface area (Å²) in [4.78, 5) is 0. The number of sulfonamides is 1. The Kier molecular flexibility index (Phi) is 6.76. The molecule has 2 rings (SSSR count). The van der Waals surface area contributed by atoms with E-state index < -0.39 is 16.6 Å². The first-order valence-corrected chi connectivity index (χ1v) is 9.30. The highest BCUT2D eigenvalue weighted by Gasteiger charge is 2.29. The number of halogens is 2. The minimum atomic E-state index is -3.30. The zero-order valence-corrected chi connectivity index (χ0v) is 14.1. The van der Waals surface area contributed by atoms with Crippen molar-refractivity contribution >= 4 is 10.0 Å². The molecule has 0 aliphatic carbocycles. The Bertz CT molecular complexity index is 609. The summed E-state index contributed by atoms with van der Waals surface area (Å²) in [5, 5.41) is 0. The summed E-state index contributed by atoms with van der Waals surface area (Å²) in [6.45, 7) is -0.151. The van der Waals surface area contributed by atoms with Gasteiger partial charge in [-0.05, 0) is 37.6 Å². The van der Waals surface area contributed by atoms with E-state index in [1.54, 1.807) is 6.92 Å². The van der Waals surface area contributed by atoms with Gasteiger partial charge in [0.1, 0.15) is 11.5 Å². The van der Waals surface area contributed by atoms with Gasteiger partial charge in [-0.1, -0.05) is 0 Å². The monoisotopic (exact) mass is 365 g/mol. The Labute approximate surface area is 140 Å². The highest BCUT2D eigenvalue weighted by Crippen LogP contribution is 2.22. The molecule has 1 aromatic carbocycles. The third kappa shape index (κ3) is 5.88. The van der Waals surface area contributed by atoms with Crippen LogP contribution < -0.4 is 14.2 Å². The van der Waals surface area contributed by atoms with Crippen LogP contribution >= 0.6 is 0 Å². The van der Waals surface area contributed by atoms with Crippen LogP contribution in [0.2, 0.25) is 0 Å². The Morgan fingerprint density at radius 3 is 2.58 bits per heavy atom. The molecule has 1 fully saturated rings. The molecule has 136 valence electrons. The second kappa shape index (κ2) is 8.59. The lowest BCUT2D eigenvalue weighted by Gasteiger charge is -2.31. The van der Waals surface area contributed by atoms with Gasteiger partial charge in [0.15, 0.2) is 0 Å². The lowest BCUT2D eigenvalue weighted by atomic mass is 9.98. The average molecular weight is 365 g/mol. The normalized spacial score (nSPS) is 21.7. The predicted molar refractivity (Wildman–Crippen MR) is 83.9 cm³/mol. The number of rotatable bonds is 8. The van der Waals surface area contributed by atoms with E-state index in [4.69, 9.17) is 9.47 Å². The molecule has 1 saturated heterocycles. The molecule has 1 N–H and O–H groups in total. The molecule has 0 amide bonds. The lowest BCUT2D eigenvalue weighted by molar-refractivity contribution is -0.0499. The molecule has 1 aromatic rings. The first kappa shape index (κ1) is 18.9. The molecule has 0 saturated carbocycles. The fourth-order valence-corrected chi connectivity index (χ4v) is 3.29. The molecule has 0 aromatic heterocycles. The Hall–Kier alpha value is -1.45. The van der Waals surface area contributed by atoms with Crippen molar-refractivity contribution in [2.24, 2.45) is 5.92 Å². The van der Waals surface area contributed by atoms with Gasteiger partial charge < -0.3 is 14.2 Å². The van der Waals surface area contributed by atoms with Crippen LogP contribution in [0, 0.1) is 5.92 Å². The summed E-state index contributed by atoms with van der Waals surface area (Å²) >= 11 is 0. The molecule has 24 heavy (non-hydrogen) atoms. The molecule has 9 heteroatoms. The van der Waals surface area contributed by atoms with E-state index in [2.05, 4.69) is 9.46 Å². The van der Waals surface area contributed by atoms with Gasteiger partial charge in [-0.2, -0.15) is 8.78 Å². The van der Waals surface area contributed by atoms with Gasteiger partial charge in [-0.15, -0.1) is 0 Å². The minimum Gasteiger partial charge on any atom is -0.493 e. The van der Waals surface area contributed by atoms with Gasteiger partial charge in [0, 0.05) is 18.6 Å². The third-order valence-electron chi connectivity index (χ3n) is 3.70. The molecule has 6 nitrogen and oxygen atoms in total. The zero-order valence-electron chi connectivity index (χ0n) is 13.3. The summed E-state index contributed by atoms with van der Waals surface area (Å²) in [7, 11) is -3.30. The second-order valence-corrected chi connectivity index (χ2v) is 7.45. The van der Waals surface area contributed by atoms with Crippen molar-refractivity contribution in [1.29, 1.82) is 0 Å². The van der Waals surface area contributed by atoms with Crippen molar-refractivity contribution < 1.29 is 31.4 Å².